The minimum Gasteiger partial charge on any atom is -0.461 e. The molecule has 2 aliphatic rings. The number of fused-ring (bicyclic) bond motifs is 1. The average Bonchev–Trinajstić information content (AvgIpc) is 3.52. The summed E-state index contributed by atoms with van der Waals surface area (Å²) < 4.78 is 39.4. The molecule has 6 atom stereocenters. The van der Waals surface area contributed by atoms with Crippen LogP contribution in [-0.2, 0) is 34.4 Å². The SMILES string of the molecule is CN=C[C@@]1(c2ccc3c(N)ncnn23)O[C@H](COP(=O)(N[C@@H](C)C(=O)OC2CC(C)(C)C2)Oc2ccc(C(C)(C)C)cc2)[C@@H](O)[C@H]1O. The van der Waals surface area contributed by atoms with Gasteiger partial charge in [-0.05, 0) is 60.4 Å². The molecular formula is C32H45N6O8P. The van der Waals surface area contributed by atoms with Crippen molar-refractivity contribution in [3.05, 3.63) is 54.0 Å². The largest absolute Gasteiger partial charge is 0.461 e. The zero-order chi connectivity index (χ0) is 34.4. The quantitative estimate of drug-likeness (QED) is 0.132. The van der Waals surface area contributed by atoms with Crippen molar-refractivity contribution in [2.45, 2.75) is 95.9 Å². The maximum atomic E-state index is 14.3. The van der Waals surface area contributed by atoms with Crippen molar-refractivity contribution >= 4 is 31.3 Å². The molecular weight excluding hydrogens is 627 g/mol. The first-order valence-corrected chi connectivity index (χ1v) is 17.1. The van der Waals surface area contributed by atoms with Gasteiger partial charge in [0.25, 0.3) is 0 Å². The number of aliphatic hydroxyl groups is 2. The van der Waals surface area contributed by atoms with Crippen LogP contribution in [0.15, 0.2) is 47.7 Å². The van der Waals surface area contributed by atoms with Gasteiger partial charge in [0.1, 0.15) is 48.1 Å². The van der Waals surface area contributed by atoms with E-state index in [0.717, 1.165) is 18.4 Å². The Morgan fingerprint density at radius 3 is 2.53 bits per heavy atom. The zero-order valence-electron chi connectivity index (χ0n) is 27.8. The summed E-state index contributed by atoms with van der Waals surface area (Å²) >= 11 is 0. The third kappa shape index (κ3) is 7.23. The molecule has 2 aromatic heterocycles. The van der Waals surface area contributed by atoms with E-state index < -0.39 is 50.3 Å². The van der Waals surface area contributed by atoms with Crippen LogP contribution in [-0.4, -0.2) is 81.1 Å². The molecule has 14 nitrogen and oxygen atoms in total. The number of aliphatic hydroxyl groups excluding tert-OH is 2. The second kappa shape index (κ2) is 12.9. The number of ether oxygens (including phenoxy) is 2. The highest BCUT2D eigenvalue weighted by Crippen LogP contribution is 2.48. The van der Waals surface area contributed by atoms with Gasteiger partial charge in [-0.15, -0.1) is 0 Å². The fourth-order valence-corrected chi connectivity index (χ4v) is 7.54. The van der Waals surface area contributed by atoms with E-state index in [2.05, 4.69) is 54.8 Å². The van der Waals surface area contributed by atoms with Crippen molar-refractivity contribution in [2.75, 3.05) is 19.4 Å². The van der Waals surface area contributed by atoms with Crippen molar-refractivity contribution in [3.63, 3.8) is 0 Å². The van der Waals surface area contributed by atoms with Gasteiger partial charge in [0.05, 0.1) is 12.3 Å². The number of esters is 1. The normalized spacial score (nSPS) is 26.6. The van der Waals surface area contributed by atoms with Crippen molar-refractivity contribution in [3.8, 4) is 5.75 Å². The molecule has 1 saturated carbocycles. The van der Waals surface area contributed by atoms with Crippen LogP contribution >= 0.6 is 7.75 Å². The predicted molar refractivity (Wildman–Crippen MR) is 175 cm³/mol. The van der Waals surface area contributed by atoms with Gasteiger partial charge in [-0.3, -0.25) is 14.3 Å². The van der Waals surface area contributed by atoms with E-state index in [4.69, 9.17) is 24.3 Å². The van der Waals surface area contributed by atoms with Crippen LogP contribution in [0.5, 0.6) is 5.75 Å². The first-order chi connectivity index (χ1) is 22.0. The minimum atomic E-state index is -4.33. The molecule has 0 spiro atoms. The summed E-state index contributed by atoms with van der Waals surface area (Å²) in [4.78, 5) is 21.1. The molecule has 47 heavy (non-hydrogen) atoms. The Balaban J connectivity index is 1.38. The van der Waals surface area contributed by atoms with E-state index in [0.29, 0.717) is 11.2 Å². The first-order valence-electron chi connectivity index (χ1n) is 15.6. The van der Waals surface area contributed by atoms with Crippen LogP contribution in [0.25, 0.3) is 5.52 Å². The lowest BCUT2D eigenvalue weighted by Gasteiger charge is -2.42. The number of nitrogens with zero attached hydrogens (tertiary/aromatic N) is 4. The second-order valence-electron chi connectivity index (χ2n) is 14.1. The van der Waals surface area contributed by atoms with E-state index in [1.807, 2.05) is 12.1 Å². The van der Waals surface area contributed by atoms with Gasteiger partial charge in [-0.2, -0.15) is 10.2 Å². The maximum Gasteiger partial charge on any atom is 0.459 e. The lowest BCUT2D eigenvalue weighted by atomic mass is 9.70. The summed E-state index contributed by atoms with van der Waals surface area (Å²) in [6.07, 6.45) is -0.417. The van der Waals surface area contributed by atoms with Gasteiger partial charge >= 0.3 is 13.7 Å². The van der Waals surface area contributed by atoms with E-state index in [1.165, 1.54) is 31.0 Å². The standard InChI is InChI=1S/C32H45N6O8P/c1-19(29(41)44-22-14-31(5,6)15-22)37-47(42,46-21-10-8-20(9-11-21)30(2,3)4)43-16-24-26(39)27(40)32(45-24,17-34-7)25-13-12-23-28(33)35-18-36-38(23)25/h8-13,17-19,22,24,26-27,39-40H,14-16H2,1-7H3,(H,37,42)(H2,33,35,36)/t19-,24+,26+,27+,32-,47?/m0/s1. The van der Waals surface area contributed by atoms with Crippen LogP contribution in [0, 0.1) is 5.41 Å². The Morgan fingerprint density at radius 1 is 1.23 bits per heavy atom. The van der Waals surface area contributed by atoms with Gasteiger partial charge in [0.15, 0.2) is 11.4 Å². The zero-order valence-corrected chi connectivity index (χ0v) is 28.7. The van der Waals surface area contributed by atoms with Gasteiger partial charge in [-0.1, -0.05) is 46.8 Å². The third-order valence-electron chi connectivity index (χ3n) is 8.60. The number of carbonyl (C=O) groups is 1. The Kier molecular flexibility index (Phi) is 9.59. The van der Waals surface area contributed by atoms with Crippen LogP contribution in [0.2, 0.25) is 0 Å². The summed E-state index contributed by atoms with van der Waals surface area (Å²) in [6.45, 7) is 11.4. The molecule has 3 heterocycles. The van der Waals surface area contributed by atoms with Crippen LogP contribution < -0.4 is 15.3 Å². The molecule has 5 N–H and O–H groups in total. The van der Waals surface area contributed by atoms with Crippen molar-refractivity contribution in [1.29, 1.82) is 0 Å². The topological polar surface area (TPSA) is 192 Å². The highest BCUT2D eigenvalue weighted by atomic mass is 31.2. The number of aromatic nitrogens is 3. The van der Waals surface area contributed by atoms with Crippen LogP contribution in [0.3, 0.4) is 0 Å². The molecule has 0 radical (unpaired) electrons. The summed E-state index contributed by atoms with van der Waals surface area (Å²) in [5.74, 6) is -0.170. The molecule has 1 saturated heterocycles. The van der Waals surface area contributed by atoms with Crippen LogP contribution in [0.1, 0.15) is 65.6 Å². The summed E-state index contributed by atoms with van der Waals surface area (Å²) in [6, 6.07) is 9.26. The Bertz CT molecular complexity index is 1660. The molecule has 1 aliphatic heterocycles. The summed E-state index contributed by atoms with van der Waals surface area (Å²) in [7, 11) is -2.83. The lowest BCUT2D eigenvalue weighted by molar-refractivity contribution is -0.161. The molecule has 2 fully saturated rings. The highest BCUT2D eigenvalue weighted by Gasteiger charge is 2.56. The van der Waals surface area contributed by atoms with E-state index in [9.17, 15) is 19.6 Å². The van der Waals surface area contributed by atoms with E-state index >= 15 is 0 Å². The smallest absolute Gasteiger partial charge is 0.459 e. The number of rotatable bonds is 11. The number of benzene rings is 1. The highest BCUT2D eigenvalue weighted by molar-refractivity contribution is 7.52. The number of hydrogen-bond acceptors (Lipinski definition) is 12. The molecule has 256 valence electrons. The Hall–Kier alpha value is -3.39. The second-order valence-corrected chi connectivity index (χ2v) is 15.8. The van der Waals surface area contributed by atoms with Crippen LogP contribution in [0.4, 0.5) is 5.82 Å². The predicted octanol–water partition coefficient (Wildman–Crippen LogP) is 3.54. The van der Waals surface area contributed by atoms with Crippen molar-refractivity contribution < 1.29 is 38.1 Å². The number of nitrogens with two attached hydrogens (primary N) is 1. The third-order valence-corrected chi connectivity index (χ3v) is 10.2. The number of hydrogen-bond donors (Lipinski definition) is 4. The van der Waals surface area contributed by atoms with Crippen molar-refractivity contribution in [2.24, 2.45) is 10.4 Å². The molecule has 1 aliphatic carbocycles. The first kappa shape index (κ1) is 34.9. The molecule has 1 unspecified atom stereocenters. The summed E-state index contributed by atoms with van der Waals surface area (Å²) in [5.41, 5.74) is 6.12. The number of nitrogen functional groups attached to an aromatic ring is 1. The summed E-state index contributed by atoms with van der Waals surface area (Å²) in [5, 5.41) is 29.5. The number of carbonyl (C=O) groups excluding carboxylic acids is 1. The van der Waals surface area contributed by atoms with E-state index in [1.54, 1.807) is 24.3 Å². The molecule has 0 amide bonds. The minimum absolute atomic E-state index is 0.0967. The Labute approximate surface area is 274 Å². The number of anilines is 1. The van der Waals surface area contributed by atoms with Gasteiger partial charge < -0.3 is 29.9 Å². The number of aliphatic imine (C=N–C) groups is 1. The maximum absolute atomic E-state index is 14.3. The monoisotopic (exact) mass is 672 g/mol. The fourth-order valence-electron chi connectivity index (χ4n) is 6.03. The Morgan fingerprint density at radius 2 is 1.91 bits per heavy atom. The molecule has 3 aromatic rings. The van der Waals surface area contributed by atoms with Crippen molar-refractivity contribution in [1.82, 2.24) is 19.7 Å². The fraction of sp³-hybridized carbons (Fsp3) is 0.562. The molecule has 5 rings (SSSR count). The molecule has 15 heteroatoms. The lowest BCUT2D eigenvalue weighted by Crippen LogP contribution is -2.44. The molecule has 1 aromatic carbocycles. The average molecular weight is 673 g/mol. The van der Waals surface area contributed by atoms with Gasteiger partial charge in [0.2, 0.25) is 0 Å². The number of nitrogens with one attached hydrogen (secondary N) is 1. The van der Waals surface area contributed by atoms with Gasteiger partial charge in [-0.25, -0.2) is 14.1 Å². The molecule has 0 bridgehead atoms. The van der Waals surface area contributed by atoms with E-state index in [-0.39, 0.29) is 28.5 Å². The van der Waals surface area contributed by atoms with Gasteiger partial charge in [0, 0.05) is 13.3 Å².